The Morgan fingerprint density at radius 3 is 2.55 bits per heavy atom. The fraction of sp³-hybridized carbons (Fsp3) is 0.714. The van der Waals surface area contributed by atoms with Gasteiger partial charge >= 0.3 is 0 Å². The zero-order valence-corrected chi connectivity index (χ0v) is 14.1. The van der Waals surface area contributed by atoms with Crippen molar-refractivity contribution in [3.63, 3.8) is 0 Å². The van der Waals surface area contributed by atoms with Gasteiger partial charge in [-0.1, -0.05) is 20.3 Å². The molecule has 1 saturated heterocycles. The second-order valence-corrected chi connectivity index (χ2v) is 8.97. The van der Waals surface area contributed by atoms with E-state index in [0.29, 0.717) is 23.3 Å². The van der Waals surface area contributed by atoms with E-state index < -0.39 is 10.0 Å². The molecule has 1 fully saturated rings. The van der Waals surface area contributed by atoms with E-state index in [2.05, 4.69) is 19.2 Å². The molecule has 0 amide bonds. The van der Waals surface area contributed by atoms with Gasteiger partial charge in [0.15, 0.2) is 0 Å². The highest BCUT2D eigenvalue weighted by Crippen LogP contribution is 2.29. The van der Waals surface area contributed by atoms with Crippen molar-refractivity contribution in [2.24, 2.45) is 0 Å². The standard InChI is InChI=1S/C14H24N2O2S2/c1-11(2)15-10-13-12(3)9-14(19-13)20(17,18)16-7-5-4-6-8-16/h9,11,15H,4-8,10H2,1-3H3. The fourth-order valence-corrected chi connectivity index (χ4v) is 5.53. The van der Waals surface area contributed by atoms with Crippen molar-refractivity contribution in [3.05, 3.63) is 16.5 Å². The third-order valence-electron chi connectivity index (χ3n) is 3.58. The largest absolute Gasteiger partial charge is 0.310 e. The van der Waals surface area contributed by atoms with Crippen LogP contribution in [0.1, 0.15) is 43.6 Å². The van der Waals surface area contributed by atoms with Crippen molar-refractivity contribution >= 4 is 21.4 Å². The van der Waals surface area contributed by atoms with Gasteiger partial charge in [0.25, 0.3) is 10.0 Å². The summed E-state index contributed by atoms with van der Waals surface area (Å²) in [6.07, 6.45) is 3.09. The SMILES string of the molecule is Cc1cc(S(=O)(=O)N2CCCCC2)sc1CNC(C)C. The maximum Gasteiger partial charge on any atom is 0.252 e. The minimum atomic E-state index is -3.28. The Balaban J connectivity index is 2.17. The first-order chi connectivity index (χ1) is 9.41. The number of nitrogens with one attached hydrogen (secondary N) is 1. The maximum absolute atomic E-state index is 12.6. The molecule has 0 atom stereocenters. The van der Waals surface area contributed by atoms with Crippen LogP contribution >= 0.6 is 11.3 Å². The second-order valence-electron chi connectivity index (χ2n) is 5.67. The number of sulfonamides is 1. The Kier molecular flexibility index (Phi) is 5.23. The minimum absolute atomic E-state index is 0.402. The van der Waals surface area contributed by atoms with E-state index in [4.69, 9.17) is 0 Å². The van der Waals surface area contributed by atoms with Crippen LogP contribution in [-0.2, 0) is 16.6 Å². The summed E-state index contributed by atoms with van der Waals surface area (Å²) >= 11 is 1.41. The highest BCUT2D eigenvalue weighted by Gasteiger charge is 2.28. The molecule has 0 aliphatic carbocycles. The van der Waals surface area contributed by atoms with Crippen LogP contribution in [0.15, 0.2) is 10.3 Å². The summed E-state index contributed by atoms with van der Waals surface area (Å²) in [6, 6.07) is 2.23. The predicted octanol–water partition coefficient (Wildman–Crippen LogP) is 2.73. The smallest absolute Gasteiger partial charge is 0.252 e. The van der Waals surface area contributed by atoms with Crippen molar-refractivity contribution in [1.82, 2.24) is 9.62 Å². The van der Waals surface area contributed by atoms with Gasteiger partial charge in [0.05, 0.1) is 0 Å². The molecule has 6 heteroatoms. The Labute approximate surface area is 126 Å². The molecule has 0 radical (unpaired) electrons. The molecule has 2 rings (SSSR count). The van der Waals surface area contributed by atoms with E-state index >= 15 is 0 Å². The van der Waals surface area contributed by atoms with E-state index in [1.165, 1.54) is 11.3 Å². The molecule has 1 aromatic heterocycles. The molecule has 0 saturated carbocycles. The molecule has 1 aliphatic heterocycles. The monoisotopic (exact) mass is 316 g/mol. The van der Waals surface area contributed by atoms with Crippen molar-refractivity contribution in [2.45, 2.75) is 56.8 Å². The van der Waals surface area contributed by atoms with Crippen molar-refractivity contribution in [3.8, 4) is 0 Å². The van der Waals surface area contributed by atoms with Gasteiger partial charge in [-0.25, -0.2) is 8.42 Å². The molecule has 4 nitrogen and oxygen atoms in total. The van der Waals surface area contributed by atoms with E-state index in [0.717, 1.165) is 36.2 Å². The molecule has 1 aromatic rings. The van der Waals surface area contributed by atoms with Crippen molar-refractivity contribution in [1.29, 1.82) is 0 Å². The first kappa shape index (κ1) is 15.9. The highest BCUT2D eigenvalue weighted by atomic mass is 32.2. The van der Waals surface area contributed by atoms with Crippen LogP contribution in [0.25, 0.3) is 0 Å². The topological polar surface area (TPSA) is 49.4 Å². The number of rotatable bonds is 5. The van der Waals surface area contributed by atoms with Gasteiger partial charge < -0.3 is 5.32 Å². The molecular formula is C14H24N2O2S2. The van der Waals surface area contributed by atoms with Crippen LogP contribution in [0.2, 0.25) is 0 Å². The summed E-state index contributed by atoms with van der Waals surface area (Å²) in [5, 5.41) is 3.35. The molecule has 2 heterocycles. The molecule has 20 heavy (non-hydrogen) atoms. The zero-order valence-electron chi connectivity index (χ0n) is 12.5. The quantitative estimate of drug-likeness (QED) is 0.908. The predicted molar refractivity (Wildman–Crippen MR) is 83.6 cm³/mol. The zero-order chi connectivity index (χ0) is 14.8. The number of aryl methyl sites for hydroxylation is 1. The van der Waals surface area contributed by atoms with E-state index in [1.807, 2.05) is 13.0 Å². The average molecular weight is 316 g/mol. The summed E-state index contributed by atoms with van der Waals surface area (Å²) in [4.78, 5) is 1.12. The average Bonchev–Trinajstić information content (AvgIpc) is 2.79. The molecule has 0 unspecified atom stereocenters. The molecule has 1 N–H and O–H groups in total. The van der Waals surface area contributed by atoms with Crippen LogP contribution in [-0.4, -0.2) is 31.9 Å². The van der Waals surface area contributed by atoms with Gasteiger partial charge in [-0.2, -0.15) is 4.31 Å². The molecule has 0 spiro atoms. The van der Waals surface area contributed by atoms with E-state index in [-0.39, 0.29) is 0 Å². The van der Waals surface area contributed by atoms with Gasteiger partial charge in [-0.05, 0) is 31.4 Å². The second kappa shape index (κ2) is 6.56. The van der Waals surface area contributed by atoms with Gasteiger partial charge in [0.2, 0.25) is 0 Å². The summed E-state index contributed by atoms with van der Waals surface area (Å²) in [7, 11) is -3.28. The Bertz CT molecular complexity index is 544. The summed E-state index contributed by atoms with van der Waals surface area (Å²) in [5.41, 5.74) is 1.07. The summed E-state index contributed by atoms with van der Waals surface area (Å²) < 4.78 is 27.4. The number of piperidine rings is 1. The van der Waals surface area contributed by atoms with Gasteiger partial charge in [0, 0.05) is 30.6 Å². The molecule has 0 bridgehead atoms. The minimum Gasteiger partial charge on any atom is -0.310 e. The first-order valence-electron chi connectivity index (χ1n) is 7.24. The van der Waals surface area contributed by atoms with Gasteiger partial charge in [0.1, 0.15) is 4.21 Å². The maximum atomic E-state index is 12.6. The van der Waals surface area contributed by atoms with E-state index in [1.54, 1.807) is 4.31 Å². The van der Waals surface area contributed by atoms with Gasteiger partial charge in [-0.3, -0.25) is 0 Å². The van der Waals surface area contributed by atoms with Crippen LogP contribution in [0, 0.1) is 6.92 Å². The number of nitrogens with zero attached hydrogens (tertiary/aromatic N) is 1. The van der Waals surface area contributed by atoms with Crippen LogP contribution in [0.3, 0.4) is 0 Å². The van der Waals surface area contributed by atoms with E-state index in [9.17, 15) is 8.42 Å². The third-order valence-corrected chi connectivity index (χ3v) is 7.16. The lowest BCUT2D eigenvalue weighted by Crippen LogP contribution is -2.35. The Morgan fingerprint density at radius 1 is 1.30 bits per heavy atom. The lowest BCUT2D eigenvalue weighted by Gasteiger charge is -2.25. The number of thiophene rings is 1. The van der Waals surface area contributed by atoms with Crippen molar-refractivity contribution in [2.75, 3.05) is 13.1 Å². The Morgan fingerprint density at radius 2 is 1.95 bits per heavy atom. The summed E-state index contributed by atoms with van der Waals surface area (Å²) in [6.45, 7) is 8.24. The number of hydrogen-bond acceptors (Lipinski definition) is 4. The summed E-state index contributed by atoms with van der Waals surface area (Å²) in [5.74, 6) is 0. The molecule has 1 aliphatic rings. The first-order valence-corrected chi connectivity index (χ1v) is 9.50. The normalized spacial score (nSPS) is 17.8. The number of hydrogen-bond donors (Lipinski definition) is 1. The Hall–Kier alpha value is -0.430. The fourth-order valence-electron chi connectivity index (χ4n) is 2.32. The molecular weight excluding hydrogens is 292 g/mol. The van der Waals surface area contributed by atoms with Crippen LogP contribution < -0.4 is 5.32 Å². The molecule has 114 valence electrons. The highest BCUT2D eigenvalue weighted by molar-refractivity contribution is 7.91. The third kappa shape index (κ3) is 3.61. The van der Waals surface area contributed by atoms with Crippen LogP contribution in [0.4, 0.5) is 0 Å². The van der Waals surface area contributed by atoms with Crippen molar-refractivity contribution < 1.29 is 8.42 Å². The van der Waals surface area contributed by atoms with Gasteiger partial charge in [-0.15, -0.1) is 11.3 Å². The van der Waals surface area contributed by atoms with Crippen LogP contribution in [0.5, 0.6) is 0 Å². The lowest BCUT2D eigenvalue weighted by atomic mass is 10.2. The lowest BCUT2D eigenvalue weighted by molar-refractivity contribution is 0.347. The molecule has 0 aromatic carbocycles.